The van der Waals surface area contributed by atoms with Crippen molar-refractivity contribution in [2.45, 2.75) is 37.6 Å². The van der Waals surface area contributed by atoms with Crippen LogP contribution < -0.4 is 10.9 Å². The van der Waals surface area contributed by atoms with E-state index in [-0.39, 0.29) is 22.9 Å². The van der Waals surface area contributed by atoms with Crippen molar-refractivity contribution in [1.82, 2.24) is 25.3 Å². The summed E-state index contributed by atoms with van der Waals surface area (Å²) in [6, 6.07) is 15.7. The number of aromatic nitrogens is 4. The van der Waals surface area contributed by atoms with E-state index in [1.54, 1.807) is 4.68 Å². The van der Waals surface area contributed by atoms with E-state index in [0.29, 0.717) is 17.0 Å². The SMILES string of the molecule is Cn1nc(C(=O)NC2CC3(C2)CC(c2n[nH]c(=O)c4ccccc24)C3)c2ccccc21. The fourth-order valence-corrected chi connectivity index (χ4v) is 5.68. The van der Waals surface area contributed by atoms with Crippen LogP contribution in [0.1, 0.15) is 47.8 Å². The molecule has 0 radical (unpaired) electrons. The molecule has 7 heteroatoms. The van der Waals surface area contributed by atoms with E-state index < -0.39 is 0 Å². The molecule has 2 aromatic carbocycles. The van der Waals surface area contributed by atoms with Crippen molar-refractivity contribution in [2.75, 3.05) is 0 Å². The van der Waals surface area contributed by atoms with Crippen LogP contribution in [-0.4, -0.2) is 31.9 Å². The number of benzene rings is 2. The van der Waals surface area contributed by atoms with Crippen molar-refractivity contribution >= 4 is 27.6 Å². The monoisotopic (exact) mass is 413 g/mol. The Morgan fingerprint density at radius 3 is 2.48 bits per heavy atom. The molecule has 1 amide bonds. The summed E-state index contributed by atoms with van der Waals surface area (Å²) in [6.45, 7) is 0. The van der Waals surface area contributed by atoms with Gasteiger partial charge in [0.05, 0.1) is 16.6 Å². The lowest BCUT2D eigenvalue weighted by atomic mass is 9.49. The van der Waals surface area contributed by atoms with Crippen LogP contribution in [0, 0.1) is 5.41 Å². The van der Waals surface area contributed by atoms with E-state index in [1.807, 2.05) is 55.6 Å². The van der Waals surface area contributed by atoms with Crippen LogP contribution in [0.4, 0.5) is 0 Å². The Balaban J connectivity index is 1.13. The molecule has 2 N–H and O–H groups in total. The molecular weight excluding hydrogens is 390 g/mol. The summed E-state index contributed by atoms with van der Waals surface area (Å²) < 4.78 is 1.75. The van der Waals surface area contributed by atoms with E-state index in [4.69, 9.17) is 0 Å². The largest absolute Gasteiger partial charge is 0.348 e. The lowest BCUT2D eigenvalue weighted by Gasteiger charge is -2.57. The Hall–Kier alpha value is -3.48. The zero-order valence-corrected chi connectivity index (χ0v) is 17.3. The summed E-state index contributed by atoms with van der Waals surface area (Å²) in [4.78, 5) is 24.9. The number of aromatic amines is 1. The number of carbonyl (C=O) groups is 1. The number of nitrogens with one attached hydrogen (secondary N) is 2. The van der Waals surface area contributed by atoms with E-state index in [9.17, 15) is 9.59 Å². The Kier molecular flexibility index (Phi) is 3.84. The molecule has 2 heterocycles. The number of amides is 1. The molecule has 31 heavy (non-hydrogen) atoms. The third-order valence-electron chi connectivity index (χ3n) is 7.14. The van der Waals surface area contributed by atoms with Crippen molar-refractivity contribution < 1.29 is 4.79 Å². The van der Waals surface area contributed by atoms with Crippen LogP contribution in [0.15, 0.2) is 53.3 Å². The van der Waals surface area contributed by atoms with Crippen LogP contribution in [0.25, 0.3) is 21.7 Å². The molecule has 2 saturated carbocycles. The van der Waals surface area contributed by atoms with E-state index in [2.05, 4.69) is 20.6 Å². The van der Waals surface area contributed by atoms with Crippen LogP contribution >= 0.6 is 0 Å². The van der Waals surface area contributed by atoms with Crippen LogP contribution in [-0.2, 0) is 7.05 Å². The number of hydrogen-bond acceptors (Lipinski definition) is 4. The zero-order valence-electron chi connectivity index (χ0n) is 17.3. The summed E-state index contributed by atoms with van der Waals surface area (Å²) in [6.07, 6.45) is 4.08. The number of fused-ring (bicyclic) bond motifs is 2. The minimum absolute atomic E-state index is 0.0965. The molecule has 156 valence electrons. The maximum absolute atomic E-state index is 12.8. The Morgan fingerprint density at radius 1 is 1.03 bits per heavy atom. The van der Waals surface area contributed by atoms with Gasteiger partial charge in [0.2, 0.25) is 0 Å². The summed E-state index contributed by atoms with van der Waals surface area (Å²) in [5, 5.41) is 17.2. The first-order valence-corrected chi connectivity index (χ1v) is 10.7. The van der Waals surface area contributed by atoms with Gasteiger partial charge in [0.25, 0.3) is 11.5 Å². The van der Waals surface area contributed by atoms with Crippen LogP contribution in [0.2, 0.25) is 0 Å². The number of para-hydroxylation sites is 1. The number of carbonyl (C=O) groups excluding carboxylic acids is 1. The predicted octanol–water partition coefficient (Wildman–Crippen LogP) is 3.27. The van der Waals surface area contributed by atoms with Gasteiger partial charge in [-0.15, -0.1) is 0 Å². The number of rotatable bonds is 3. The highest BCUT2D eigenvalue weighted by Crippen LogP contribution is 2.62. The Morgan fingerprint density at radius 2 is 1.71 bits per heavy atom. The molecule has 0 saturated heterocycles. The molecule has 2 fully saturated rings. The molecule has 2 aliphatic rings. The maximum Gasteiger partial charge on any atom is 0.272 e. The normalized spacial score (nSPS) is 24.8. The van der Waals surface area contributed by atoms with Gasteiger partial charge in [-0.25, -0.2) is 5.10 Å². The highest BCUT2D eigenvalue weighted by Gasteiger charge is 2.54. The van der Waals surface area contributed by atoms with Gasteiger partial charge in [0, 0.05) is 29.8 Å². The van der Waals surface area contributed by atoms with E-state index in [1.165, 1.54) is 0 Å². The van der Waals surface area contributed by atoms with Crippen LogP contribution in [0.5, 0.6) is 0 Å². The second kappa shape index (κ2) is 6.51. The molecule has 2 aromatic heterocycles. The third-order valence-corrected chi connectivity index (χ3v) is 7.14. The molecule has 4 aromatic rings. The molecule has 2 aliphatic carbocycles. The first-order valence-electron chi connectivity index (χ1n) is 10.7. The van der Waals surface area contributed by atoms with Crippen molar-refractivity contribution in [1.29, 1.82) is 0 Å². The molecular formula is C24H23N5O2. The molecule has 6 rings (SSSR count). The maximum atomic E-state index is 12.8. The fraction of sp³-hybridized carbons (Fsp3) is 0.333. The topological polar surface area (TPSA) is 92.7 Å². The first-order chi connectivity index (χ1) is 15.0. The Labute approximate surface area is 178 Å². The second-order valence-corrected chi connectivity index (χ2v) is 9.16. The quantitative estimate of drug-likeness (QED) is 0.539. The molecule has 0 atom stereocenters. The summed E-state index contributed by atoms with van der Waals surface area (Å²) in [7, 11) is 1.86. The van der Waals surface area contributed by atoms with Gasteiger partial charge in [0.1, 0.15) is 0 Å². The highest BCUT2D eigenvalue weighted by molar-refractivity contribution is 6.05. The number of aryl methyl sites for hydroxylation is 1. The predicted molar refractivity (Wildman–Crippen MR) is 118 cm³/mol. The lowest BCUT2D eigenvalue weighted by Crippen LogP contribution is -2.55. The van der Waals surface area contributed by atoms with Gasteiger partial charge in [0.15, 0.2) is 5.69 Å². The average molecular weight is 413 g/mol. The molecule has 0 aliphatic heterocycles. The van der Waals surface area contributed by atoms with Crippen molar-refractivity contribution in [2.24, 2.45) is 12.5 Å². The molecule has 0 bridgehead atoms. The van der Waals surface area contributed by atoms with Crippen molar-refractivity contribution in [3.05, 3.63) is 70.3 Å². The minimum Gasteiger partial charge on any atom is -0.348 e. The summed E-state index contributed by atoms with van der Waals surface area (Å²) in [5.74, 6) is 0.263. The summed E-state index contributed by atoms with van der Waals surface area (Å²) >= 11 is 0. The van der Waals surface area contributed by atoms with Gasteiger partial charge < -0.3 is 5.32 Å². The zero-order chi connectivity index (χ0) is 21.2. The molecule has 7 nitrogen and oxygen atoms in total. The Bertz CT molecular complexity index is 1390. The average Bonchev–Trinajstić information content (AvgIpc) is 3.07. The van der Waals surface area contributed by atoms with Gasteiger partial charge in [-0.2, -0.15) is 10.2 Å². The number of hydrogen-bond donors (Lipinski definition) is 2. The third kappa shape index (κ3) is 2.80. The van der Waals surface area contributed by atoms with E-state index >= 15 is 0 Å². The standard InChI is InChI=1S/C24H23N5O2/c1-29-19-9-5-4-8-18(19)21(28-29)23(31)25-15-12-24(13-15)10-14(11-24)20-16-6-2-3-7-17(16)22(30)27-26-20/h2-9,14-15H,10-13H2,1H3,(H,25,31)(H,27,30). The smallest absolute Gasteiger partial charge is 0.272 e. The number of H-pyrrole nitrogens is 1. The van der Waals surface area contributed by atoms with Crippen LogP contribution in [0.3, 0.4) is 0 Å². The second-order valence-electron chi connectivity index (χ2n) is 9.16. The van der Waals surface area contributed by atoms with Gasteiger partial charge in [-0.05, 0) is 43.2 Å². The van der Waals surface area contributed by atoms with Gasteiger partial charge in [-0.3, -0.25) is 14.3 Å². The van der Waals surface area contributed by atoms with Gasteiger partial charge in [-0.1, -0.05) is 36.4 Å². The molecule has 1 spiro atoms. The molecule has 0 unspecified atom stereocenters. The van der Waals surface area contributed by atoms with Gasteiger partial charge >= 0.3 is 0 Å². The number of nitrogens with zero attached hydrogens (tertiary/aromatic N) is 3. The van der Waals surface area contributed by atoms with E-state index in [0.717, 1.165) is 47.7 Å². The lowest BCUT2D eigenvalue weighted by molar-refractivity contribution is -0.0196. The van der Waals surface area contributed by atoms with Crippen molar-refractivity contribution in [3.63, 3.8) is 0 Å². The highest BCUT2D eigenvalue weighted by atomic mass is 16.2. The van der Waals surface area contributed by atoms with Crippen molar-refractivity contribution in [3.8, 4) is 0 Å². The first kappa shape index (κ1) is 18.3. The summed E-state index contributed by atoms with van der Waals surface area (Å²) in [5.41, 5.74) is 2.60. The minimum atomic E-state index is -0.137. The fourth-order valence-electron chi connectivity index (χ4n) is 5.68.